The van der Waals surface area contributed by atoms with E-state index in [1.54, 1.807) is 42.5 Å². The van der Waals surface area contributed by atoms with Crippen molar-refractivity contribution >= 4 is 28.3 Å². The molecule has 9 heteroatoms. The first-order chi connectivity index (χ1) is 14.0. The van der Waals surface area contributed by atoms with Gasteiger partial charge in [-0.2, -0.15) is 5.10 Å². The fraction of sp³-hybridized carbons (Fsp3) is 0.200. The molecule has 0 aliphatic rings. The lowest BCUT2D eigenvalue weighted by atomic mass is 10.1. The van der Waals surface area contributed by atoms with E-state index in [2.05, 4.69) is 15.5 Å². The summed E-state index contributed by atoms with van der Waals surface area (Å²) in [6, 6.07) is 11.7. The number of nitrogens with one attached hydrogen (secondary N) is 2. The van der Waals surface area contributed by atoms with E-state index in [1.807, 2.05) is 0 Å². The van der Waals surface area contributed by atoms with E-state index >= 15 is 0 Å². The predicted molar refractivity (Wildman–Crippen MR) is 105 cm³/mol. The Morgan fingerprint density at radius 2 is 1.69 bits per heavy atom. The number of benzene rings is 2. The molecule has 0 unspecified atom stereocenters. The van der Waals surface area contributed by atoms with Gasteiger partial charge in [-0.05, 0) is 6.07 Å². The second kappa shape index (κ2) is 8.87. The Labute approximate surface area is 165 Å². The Morgan fingerprint density at radius 3 is 2.34 bits per heavy atom. The minimum Gasteiger partial charge on any atom is -0.497 e. The highest BCUT2D eigenvalue weighted by Gasteiger charge is 2.14. The number of ether oxygens (including phenoxy) is 3. The third-order valence-corrected chi connectivity index (χ3v) is 4.09. The Morgan fingerprint density at radius 1 is 1.03 bits per heavy atom. The van der Waals surface area contributed by atoms with Crippen molar-refractivity contribution in [3.63, 3.8) is 0 Å². The van der Waals surface area contributed by atoms with Gasteiger partial charge in [0.1, 0.15) is 11.5 Å². The first kappa shape index (κ1) is 19.9. The zero-order valence-electron chi connectivity index (χ0n) is 15.9. The second-order valence-corrected chi connectivity index (χ2v) is 6.03. The van der Waals surface area contributed by atoms with Crippen molar-refractivity contribution in [3.8, 4) is 11.5 Å². The number of methoxy groups -OCH3 is 2. The maximum Gasteiger partial charge on any atom is 0.312 e. The summed E-state index contributed by atoms with van der Waals surface area (Å²) >= 11 is 0. The fourth-order valence-electron chi connectivity index (χ4n) is 2.72. The third kappa shape index (κ3) is 4.89. The molecule has 150 valence electrons. The average Bonchev–Trinajstić information content (AvgIpc) is 2.74. The van der Waals surface area contributed by atoms with Gasteiger partial charge in [-0.3, -0.25) is 14.4 Å². The van der Waals surface area contributed by atoms with Crippen LogP contribution in [0.2, 0.25) is 0 Å². The molecule has 3 aromatic rings. The van der Waals surface area contributed by atoms with Crippen molar-refractivity contribution in [2.24, 2.45) is 0 Å². The first-order valence-electron chi connectivity index (χ1n) is 8.65. The van der Waals surface area contributed by atoms with E-state index in [0.717, 1.165) is 0 Å². The number of nitrogens with zero attached hydrogens (tertiary/aromatic N) is 1. The van der Waals surface area contributed by atoms with Crippen LogP contribution in [0.1, 0.15) is 5.69 Å². The Bertz CT molecular complexity index is 1090. The molecule has 0 saturated carbocycles. The van der Waals surface area contributed by atoms with Crippen LogP contribution in [-0.2, 0) is 20.7 Å². The molecule has 0 aliphatic carbocycles. The molecule has 1 amide bonds. The number of hydrogen-bond donors (Lipinski definition) is 2. The Balaban J connectivity index is 1.61. The van der Waals surface area contributed by atoms with E-state index in [-0.39, 0.29) is 12.0 Å². The normalized spacial score (nSPS) is 10.4. The number of hydrogen-bond acceptors (Lipinski definition) is 7. The molecule has 0 spiro atoms. The summed E-state index contributed by atoms with van der Waals surface area (Å²) in [4.78, 5) is 36.0. The standard InChI is InChI=1S/C20H19N3O6/c1-27-13-7-12(8-14(9-13)28-2)21-18(24)11-29-19(25)10-17-15-5-3-4-6-16(15)20(26)23-22-17/h3-9H,10-11H2,1-2H3,(H,21,24)(H,23,26). The molecule has 0 aliphatic heterocycles. The van der Waals surface area contributed by atoms with Gasteiger partial charge in [0.2, 0.25) is 0 Å². The molecule has 2 N–H and O–H groups in total. The van der Waals surface area contributed by atoms with E-state index in [1.165, 1.54) is 14.2 Å². The lowest BCUT2D eigenvalue weighted by Crippen LogP contribution is -2.22. The van der Waals surface area contributed by atoms with Crippen LogP contribution in [0.25, 0.3) is 10.8 Å². The smallest absolute Gasteiger partial charge is 0.312 e. The largest absolute Gasteiger partial charge is 0.497 e. The van der Waals surface area contributed by atoms with Crippen molar-refractivity contribution in [1.29, 1.82) is 0 Å². The van der Waals surface area contributed by atoms with Crippen molar-refractivity contribution in [2.45, 2.75) is 6.42 Å². The van der Waals surface area contributed by atoms with E-state index in [0.29, 0.717) is 33.7 Å². The number of carbonyl (C=O) groups is 2. The SMILES string of the molecule is COc1cc(NC(=O)COC(=O)Cc2n[nH]c(=O)c3ccccc23)cc(OC)c1. The molecular weight excluding hydrogens is 378 g/mol. The zero-order valence-corrected chi connectivity index (χ0v) is 15.9. The number of esters is 1. The zero-order chi connectivity index (χ0) is 20.8. The van der Waals surface area contributed by atoms with Crippen LogP contribution in [0, 0.1) is 0 Å². The van der Waals surface area contributed by atoms with Gasteiger partial charge in [0.05, 0.1) is 31.7 Å². The summed E-state index contributed by atoms with van der Waals surface area (Å²) in [5.41, 5.74) is 0.462. The molecule has 0 radical (unpaired) electrons. The molecule has 0 saturated heterocycles. The van der Waals surface area contributed by atoms with E-state index in [4.69, 9.17) is 14.2 Å². The van der Waals surface area contributed by atoms with Crippen LogP contribution in [0.3, 0.4) is 0 Å². The quantitative estimate of drug-likeness (QED) is 0.582. The maximum absolute atomic E-state index is 12.1. The van der Waals surface area contributed by atoms with Crippen LogP contribution in [-0.4, -0.2) is 42.9 Å². The highest BCUT2D eigenvalue weighted by atomic mass is 16.5. The summed E-state index contributed by atoms with van der Waals surface area (Å²) in [7, 11) is 2.99. The number of aromatic nitrogens is 2. The second-order valence-electron chi connectivity index (χ2n) is 6.03. The summed E-state index contributed by atoms with van der Waals surface area (Å²) in [6.45, 7) is -0.473. The van der Waals surface area contributed by atoms with Gasteiger partial charge in [-0.25, -0.2) is 5.10 Å². The van der Waals surface area contributed by atoms with Gasteiger partial charge >= 0.3 is 5.97 Å². The molecule has 0 atom stereocenters. The third-order valence-electron chi connectivity index (χ3n) is 4.09. The van der Waals surface area contributed by atoms with Gasteiger partial charge in [0.15, 0.2) is 6.61 Å². The molecule has 29 heavy (non-hydrogen) atoms. The van der Waals surface area contributed by atoms with Gasteiger partial charge in [-0.15, -0.1) is 0 Å². The van der Waals surface area contributed by atoms with Gasteiger partial charge in [-0.1, -0.05) is 18.2 Å². The van der Waals surface area contributed by atoms with Crippen molar-refractivity contribution in [2.75, 3.05) is 26.1 Å². The van der Waals surface area contributed by atoms with Crippen LogP contribution in [0.15, 0.2) is 47.3 Å². The van der Waals surface area contributed by atoms with Gasteiger partial charge in [0, 0.05) is 29.3 Å². The highest BCUT2D eigenvalue weighted by molar-refractivity contribution is 5.93. The number of amides is 1. The highest BCUT2D eigenvalue weighted by Crippen LogP contribution is 2.25. The Kier molecular flexibility index (Phi) is 6.08. The molecule has 1 aromatic heterocycles. The van der Waals surface area contributed by atoms with Crippen LogP contribution < -0.4 is 20.3 Å². The molecule has 2 aromatic carbocycles. The number of rotatable bonds is 7. The lowest BCUT2D eigenvalue weighted by molar-refractivity contribution is -0.146. The first-order valence-corrected chi connectivity index (χ1v) is 8.65. The van der Waals surface area contributed by atoms with Crippen molar-refractivity contribution in [1.82, 2.24) is 10.2 Å². The van der Waals surface area contributed by atoms with E-state index < -0.39 is 18.5 Å². The predicted octanol–water partition coefficient (Wildman–Crippen LogP) is 1.66. The van der Waals surface area contributed by atoms with Crippen molar-refractivity contribution < 1.29 is 23.8 Å². The van der Waals surface area contributed by atoms with Crippen LogP contribution >= 0.6 is 0 Å². The summed E-state index contributed by atoms with van der Waals surface area (Å²) in [5.74, 6) is -0.152. The number of H-pyrrole nitrogens is 1. The summed E-state index contributed by atoms with van der Waals surface area (Å²) < 4.78 is 15.3. The number of carbonyl (C=O) groups excluding carboxylic acids is 2. The topological polar surface area (TPSA) is 120 Å². The maximum atomic E-state index is 12.1. The molecule has 9 nitrogen and oxygen atoms in total. The summed E-state index contributed by atoms with van der Waals surface area (Å²) in [5, 5.41) is 9.85. The van der Waals surface area contributed by atoms with Crippen LogP contribution in [0.5, 0.6) is 11.5 Å². The van der Waals surface area contributed by atoms with Crippen molar-refractivity contribution in [3.05, 3.63) is 58.5 Å². The number of aromatic amines is 1. The molecule has 0 bridgehead atoms. The average molecular weight is 397 g/mol. The number of fused-ring (bicyclic) bond motifs is 1. The van der Waals surface area contributed by atoms with Gasteiger partial charge < -0.3 is 19.5 Å². The minimum atomic E-state index is -0.645. The minimum absolute atomic E-state index is 0.183. The number of anilines is 1. The van der Waals surface area contributed by atoms with E-state index in [9.17, 15) is 14.4 Å². The lowest BCUT2D eigenvalue weighted by Gasteiger charge is -2.10. The van der Waals surface area contributed by atoms with Gasteiger partial charge in [0.25, 0.3) is 11.5 Å². The molecule has 1 heterocycles. The monoisotopic (exact) mass is 397 g/mol. The molecule has 0 fully saturated rings. The molecular formula is C20H19N3O6. The fourth-order valence-corrected chi connectivity index (χ4v) is 2.72. The van der Waals surface area contributed by atoms with Crippen LogP contribution in [0.4, 0.5) is 5.69 Å². The molecule has 3 rings (SSSR count). The Hall–Kier alpha value is -3.88. The summed E-state index contributed by atoms with van der Waals surface area (Å²) in [6.07, 6.45) is -0.183.